The molecule has 1 heterocycles. The number of nitrogens with two attached hydrogens (primary N) is 1. The SMILES string of the molecule is CC(C)CC1(C(N)C2=COCCC2)CCCC1. The summed E-state index contributed by atoms with van der Waals surface area (Å²) < 4.78 is 5.47. The van der Waals surface area contributed by atoms with Crippen molar-refractivity contribution >= 4 is 0 Å². The van der Waals surface area contributed by atoms with Crippen LogP contribution in [0.25, 0.3) is 0 Å². The van der Waals surface area contributed by atoms with Gasteiger partial charge in [-0.15, -0.1) is 0 Å². The van der Waals surface area contributed by atoms with Crippen LogP contribution in [0.5, 0.6) is 0 Å². The Morgan fingerprint density at radius 2 is 2.00 bits per heavy atom. The van der Waals surface area contributed by atoms with Crippen LogP contribution in [0.15, 0.2) is 11.8 Å². The number of ether oxygens (including phenoxy) is 1. The van der Waals surface area contributed by atoms with E-state index in [4.69, 9.17) is 10.5 Å². The smallest absolute Gasteiger partial charge is 0.0876 e. The third kappa shape index (κ3) is 2.85. The normalized spacial score (nSPS) is 25.5. The second kappa shape index (κ2) is 5.43. The number of hydrogen-bond acceptors (Lipinski definition) is 2. The van der Waals surface area contributed by atoms with Crippen molar-refractivity contribution in [1.29, 1.82) is 0 Å². The van der Waals surface area contributed by atoms with Crippen molar-refractivity contribution in [3.63, 3.8) is 0 Å². The van der Waals surface area contributed by atoms with Gasteiger partial charge in [0.05, 0.1) is 12.9 Å². The Kier molecular flexibility index (Phi) is 4.13. The maximum absolute atomic E-state index is 6.59. The van der Waals surface area contributed by atoms with Gasteiger partial charge in [-0.2, -0.15) is 0 Å². The van der Waals surface area contributed by atoms with Crippen LogP contribution in [0.2, 0.25) is 0 Å². The zero-order valence-electron chi connectivity index (χ0n) is 11.4. The largest absolute Gasteiger partial charge is 0.501 e. The fourth-order valence-corrected chi connectivity index (χ4v) is 3.74. The first kappa shape index (κ1) is 12.9. The van der Waals surface area contributed by atoms with Crippen LogP contribution in [0.4, 0.5) is 0 Å². The summed E-state index contributed by atoms with van der Waals surface area (Å²) in [4.78, 5) is 0. The standard InChI is InChI=1S/C15H27NO/c1-12(2)10-15(7-3-4-8-15)14(16)13-6-5-9-17-11-13/h11-12,14H,3-10,16H2,1-2H3. The van der Waals surface area contributed by atoms with Crippen LogP contribution in [0, 0.1) is 11.3 Å². The third-order valence-electron chi connectivity index (χ3n) is 4.44. The van der Waals surface area contributed by atoms with Crippen LogP contribution in [-0.2, 0) is 4.74 Å². The molecule has 0 bridgehead atoms. The molecule has 0 spiro atoms. The summed E-state index contributed by atoms with van der Waals surface area (Å²) >= 11 is 0. The number of rotatable bonds is 4. The minimum Gasteiger partial charge on any atom is -0.501 e. The molecule has 0 aromatic heterocycles. The molecule has 2 heteroatoms. The van der Waals surface area contributed by atoms with Gasteiger partial charge in [0, 0.05) is 6.04 Å². The summed E-state index contributed by atoms with van der Waals surface area (Å²) in [6.45, 7) is 5.50. The van der Waals surface area contributed by atoms with Crippen LogP contribution in [0.1, 0.15) is 58.8 Å². The van der Waals surface area contributed by atoms with Crippen molar-refractivity contribution < 1.29 is 4.74 Å². The van der Waals surface area contributed by atoms with Gasteiger partial charge in [-0.25, -0.2) is 0 Å². The van der Waals surface area contributed by atoms with Gasteiger partial charge in [0.15, 0.2) is 0 Å². The average Bonchev–Trinajstić information content (AvgIpc) is 2.78. The lowest BCUT2D eigenvalue weighted by molar-refractivity contribution is 0.175. The van der Waals surface area contributed by atoms with Gasteiger partial charge in [0.1, 0.15) is 0 Å². The minimum absolute atomic E-state index is 0.229. The second-order valence-electron chi connectivity index (χ2n) is 6.31. The van der Waals surface area contributed by atoms with E-state index in [0.717, 1.165) is 25.4 Å². The van der Waals surface area contributed by atoms with Crippen molar-refractivity contribution in [3.05, 3.63) is 11.8 Å². The van der Waals surface area contributed by atoms with E-state index in [9.17, 15) is 0 Å². The first-order chi connectivity index (χ1) is 8.14. The summed E-state index contributed by atoms with van der Waals surface area (Å²) in [7, 11) is 0. The molecule has 1 unspecified atom stereocenters. The van der Waals surface area contributed by atoms with E-state index < -0.39 is 0 Å². The van der Waals surface area contributed by atoms with E-state index >= 15 is 0 Å². The lowest BCUT2D eigenvalue weighted by Crippen LogP contribution is -2.42. The molecule has 98 valence electrons. The molecule has 1 saturated carbocycles. The van der Waals surface area contributed by atoms with E-state index in [0.29, 0.717) is 5.41 Å². The predicted molar refractivity (Wildman–Crippen MR) is 71.6 cm³/mol. The van der Waals surface area contributed by atoms with E-state index in [1.165, 1.54) is 37.7 Å². The lowest BCUT2D eigenvalue weighted by Gasteiger charge is -2.39. The molecule has 17 heavy (non-hydrogen) atoms. The molecule has 0 amide bonds. The van der Waals surface area contributed by atoms with Gasteiger partial charge in [-0.05, 0) is 49.0 Å². The molecule has 0 saturated heterocycles. The van der Waals surface area contributed by atoms with Crippen molar-refractivity contribution in [2.45, 2.75) is 64.8 Å². The summed E-state index contributed by atoms with van der Waals surface area (Å²) in [5, 5.41) is 0. The molecule has 1 fully saturated rings. The molecule has 0 aromatic rings. The van der Waals surface area contributed by atoms with Crippen LogP contribution < -0.4 is 5.73 Å². The minimum atomic E-state index is 0.229. The molecular weight excluding hydrogens is 210 g/mol. The highest BCUT2D eigenvalue weighted by molar-refractivity contribution is 5.16. The van der Waals surface area contributed by atoms with Gasteiger partial charge >= 0.3 is 0 Å². The van der Waals surface area contributed by atoms with Crippen LogP contribution >= 0.6 is 0 Å². The second-order valence-corrected chi connectivity index (χ2v) is 6.31. The van der Waals surface area contributed by atoms with Crippen LogP contribution in [0.3, 0.4) is 0 Å². The monoisotopic (exact) mass is 237 g/mol. The van der Waals surface area contributed by atoms with Gasteiger partial charge < -0.3 is 10.5 Å². The summed E-state index contributed by atoms with van der Waals surface area (Å²) in [6.07, 6.45) is 10.8. The Morgan fingerprint density at radius 3 is 2.53 bits per heavy atom. The highest BCUT2D eigenvalue weighted by Gasteiger charge is 2.41. The lowest BCUT2D eigenvalue weighted by atomic mass is 9.70. The van der Waals surface area contributed by atoms with E-state index in [-0.39, 0.29) is 6.04 Å². The summed E-state index contributed by atoms with van der Waals surface area (Å²) in [5.74, 6) is 0.740. The average molecular weight is 237 g/mol. The Balaban J connectivity index is 2.12. The molecule has 2 nitrogen and oxygen atoms in total. The molecule has 0 radical (unpaired) electrons. The molecular formula is C15H27NO. The van der Waals surface area contributed by atoms with Crippen LogP contribution in [-0.4, -0.2) is 12.6 Å². The molecule has 2 N–H and O–H groups in total. The maximum Gasteiger partial charge on any atom is 0.0876 e. The quantitative estimate of drug-likeness (QED) is 0.810. The Labute approximate surface area is 106 Å². The van der Waals surface area contributed by atoms with Crippen molar-refractivity contribution in [2.24, 2.45) is 17.1 Å². The summed E-state index contributed by atoms with van der Waals surface area (Å²) in [5.41, 5.74) is 8.31. The zero-order valence-corrected chi connectivity index (χ0v) is 11.4. The van der Waals surface area contributed by atoms with Crippen molar-refractivity contribution in [2.75, 3.05) is 6.61 Å². The fraction of sp³-hybridized carbons (Fsp3) is 0.867. The van der Waals surface area contributed by atoms with Gasteiger partial charge in [-0.3, -0.25) is 0 Å². The number of hydrogen-bond donors (Lipinski definition) is 1. The maximum atomic E-state index is 6.59. The first-order valence-electron chi connectivity index (χ1n) is 7.20. The Bertz CT molecular complexity index is 277. The zero-order chi connectivity index (χ0) is 12.3. The molecule has 1 atom stereocenters. The van der Waals surface area contributed by atoms with Crippen molar-refractivity contribution in [3.8, 4) is 0 Å². The van der Waals surface area contributed by atoms with Gasteiger partial charge in [-0.1, -0.05) is 26.7 Å². The molecule has 1 aliphatic heterocycles. The summed E-state index contributed by atoms with van der Waals surface area (Å²) in [6, 6.07) is 0.229. The highest BCUT2D eigenvalue weighted by atomic mass is 16.5. The van der Waals surface area contributed by atoms with Gasteiger partial charge in [0.25, 0.3) is 0 Å². The molecule has 0 aromatic carbocycles. The predicted octanol–water partition coefficient (Wildman–Crippen LogP) is 3.61. The third-order valence-corrected chi connectivity index (χ3v) is 4.44. The molecule has 2 aliphatic rings. The van der Waals surface area contributed by atoms with E-state index in [2.05, 4.69) is 13.8 Å². The van der Waals surface area contributed by atoms with E-state index in [1.54, 1.807) is 0 Å². The Morgan fingerprint density at radius 1 is 1.29 bits per heavy atom. The Hall–Kier alpha value is -0.500. The molecule has 1 aliphatic carbocycles. The molecule has 2 rings (SSSR count). The van der Waals surface area contributed by atoms with E-state index in [1.807, 2.05) is 6.26 Å². The van der Waals surface area contributed by atoms with Gasteiger partial charge in [0.2, 0.25) is 0 Å². The highest BCUT2D eigenvalue weighted by Crippen LogP contribution is 2.47. The topological polar surface area (TPSA) is 35.2 Å². The van der Waals surface area contributed by atoms with Crippen molar-refractivity contribution in [1.82, 2.24) is 0 Å². The first-order valence-corrected chi connectivity index (χ1v) is 7.20. The fourth-order valence-electron chi connectivity index (χ4n) is 3.74.